The summed E-state index contributed by atoms with van der Waals surface area (Å²) in [7, 11) is 0. The lowest BCUT2D eigenvalue weighted by Gasteiger charge is -2.06. The third-order valence-electron chi connectivity index (χ3n) is 1.85. The van der Waals surface area contributed by atoms with Crippen LogP contribution in [0.15, 0.2) is 23.3 Å². The van der Waals surface area contributed by atoms with Crippen LogP contribution in [0.1, 0.15) is 68.7 Å². The highest BCUT2D eigenvalue weighted by Gasteiger charge is 1.96. The highest BCUT2D eigenvalue weighted by Crippen LogP contribution is 2.15. The molecule has 0 aromatic carbocycles. The molecule has 0 fully saturated rings. The fraction of sp³-hybridized carbons (Fsp3) is 0.733. The van der Waals surface area contributed by atoms with Gasteiger partial charge in [0.25, 0.3) is 0 Å². The third-order valence-corrected chi connectivity index (χ3v) is 1.85. The van der Waals surface area contributed by atoms with E-state index < -0.39 is 0 Å². The summed E-state index contributed by atoms with van der Waals surface area (Å²) in [5.74, 6) is 0.667. The number of hydrogen-bond donors (Lipinski definition) is 0. The maximum Gasteiger partial charge on any atom is -0.0285 e. The summed E-state index contributed by atoms with van der Waals surface area (Å²) in [6.07, 6.45) is 5.67. The first-order valence-corrected chi connectivity index (χ1v) is 6.45. The van der Waals surface area contributed by atoms with E-state index in [9.17, 15) is 0 Å². The zero-order valence-electron chi connectivity index (χ0n) is 12.4. The molecule has 0 aromatic heterocycles. The fourth-order valence-corrected chi connectivity index (χ4v) is 1.12. The third kappa shape index (κ3) is 13.5. The Balaban J connectivity index is -0.000000318. The minimum Gasteiger partial charge on any atom is -0.0845 e. The van der Waals surface area contributed by atoms with Gasteiger partial charge in [0.1, 0.15) is 0 Å². The van der Waals surface area contributed by atoms with Crippen molar-refractivity contribution in [2.75, 3.05) is 0 Å². The summed E-state index contributed by atoms with van der Waals surface area (Å²) in [5, 5.41) is 0. The summed E-state index contributed by atoms with van der Waals surface area (Å²) in [5.41, 5.74) is 2.91. The Hall–Kier alpha value is -0.520. The average molecular weight is 212 g/mol. The predicted molar refractivity (Wildman–Crippen MR) is 75.3 cm³/mol. The summed E-state index contributed by atoms with van der Waals surface area (Å²) < 4.78 is 0. The van der Waals surface area contributed by atoms with E-state index in [0.29, 0.717) is 5.92 Å². The molecule has 0 heteroatoms. The maximum absolute atomic E-state index is 2.34. The first-order valence-electron chi connectivity index (χ1n) is 6.45. The molecule has 0 saturated heterocycles. The van der Waals surface area contributed by atoms with Crippen LogP contribution in [-0.2, 0) is 0 Å². The van der Waals surface area contributed by atoms with Crippen LogP contribution in [0.25, 0.3) is 0 Å². The van der Waals surface area contributed by atoms with Gasteiger partial charge in [-0.1, -0.05) is 66.2 Å². The largest absolute Gasteiger partial charge is 0.0845 e. The Labute approximate surface area is 98.5 Å². The van der Waals surface area contributed by atoms with Gasteiger partial charge in [0, 0.05) is 0 Å². The fourth-order valence-electron chi connectivity index (χ4n) is 1.12. The van der Waals surface area contributed by atoms with Crippen molar-refractivity contribution in [3.05, 3.63) is 23.3 Å². The lowest BCUT2D eigenvalue weighted by atomic mass is 10.0. The lowest BCUT2D eigenvalue weighted by molar-refractivity contribution is 0.815. The zero-order chi connectivity index (χ0) is 12.9. The van der Waals surface area contributed by atoms with Crippen LogP contribution in [-0.4, -0.2) is 0 Å². The second-order valence-electron chi connectivity index (χ2n) is 3.26. The second kappa shape index (κ2) is 15.9. The lowest BCUT2D eigenvalue weighted by Crippen LogP contribution is -1.88. The van der Waals surface area contributed by atoms with Crippen LogP contribution in [0.3, 0.4) is 0 Å². The van der Waals surface area contributed by atoms with Gasteiger partial charge >= 0.3 is 0 Å². The Morgan fingerprint density at radius 3 is 1.67 bits per heavy atom. The van der Waals surface area contributed by atoms with Crippen LogP contribution in [0.2, 0.25) is 0 Å². The molecule has 0 radical (unpaired) electrons. The monoisotopic (exact) mass is 212 g/mol. The molecular formula is C15H32. The molecule has 0 aliphatic heterocycles. The molecule has 15 heavy (non-hydrogen) atoms. The van der Waals surface area contributed by atoms with E-state index in [1.54, 1.807) is 0 Å². The van der Waals surface area contributed by atoms with Gasteiger partial charge in [0.2, 0.25) is 0 Å². The standard InChI is InChI=1S/C11H20.2C2H6/c1-6-10(5)11(7-2)8-9(3)4;2*1-2/h6,8-9H,7H2,1-5H3;2*1-2H3/b10-6-,11-8+;;. The summed E-state index contributed by atoms with van der Waals surface area (Å²) in [6.45, 7) is 18.9. The van der Waals surface area contributed by atoms with E-state index in [1.807, 2.05) is 27.7 Å². The van der Waals surface area contributed by atoms with Crippen molar-refractivity contribution >= 4 is 0 Å². The minimum absolute atomic E-state index is 0.667. The van der Waals surface area contributed by atoms with Crippen LogP contribution in [0, 0.1) is 5.92 Å². The summed E-state index contributed by atoms with van der Waals surface area (Å²) in [4.78, 5) is 0. The molecule has 0 saturated carbocycles. The molecule has 0 amide bonds. The van der Waals surface area contributed by atoms with E-state index in [4.69, 9.17) is 0 Å². The molecule has 0 N–H and O–H groups in total. The Morgan fingerprint density at radius 2 is 1.47 bits per heavy atom. The van der Waals surface area contributed by atoms with E-state index in [2.05, 4.69) is 46.8 Å². The second-order valence-corrected chi connectivity index (χ2v) is 3.26. The molecule has 0 heterocycles. The first kappa shape index (κ1) is 20.0. The van der Waals surface area contributed by atoms with E-state index in [1.165, 1.54) is 11.1 Å². The van der Waals surface area contributed by atoms with Gasteiger partial charge in [-0.25, -0.2) is 0 Å². The van der Waals surface area contributed by atoms with Crippen molar-refractivity contribution in [3.8, 4) is 0 Å². The molecular weight excluding hydrogens is 180 g/mol. The smallest absolute Gasteiger partial charge is 0.0285 e. The van der Waals surface area contributed by atoms with E-state index >= 15 is 0 Å². The van der Waals surface area contributed by atoms with Crippen molar-refractivity contribution in [2.24, 2.45) is 5.92 Å². The molecule has 0 bridgehead atoms. The Morgan fingerprint density at radius 1 is 1.07 bits per heavy atom. The average Bonchev–Trinajstić information content (AvgIpc) is 2.30. The number of rotatable bonds is 3. The highest BCUT2D eigenvalue weighted by atomic mass is 14.0. The van der Waals surface area contributed by atoms with E-state index in [0.717, 1.165) is 6.42 Å². The van der Waals surface area contributed by atoms with Crippen LogP contribution >= 0.6 is 0 Å². The van der Waals surface area contributed by atoms with Gasteiger partial charge in [-0.15, -0.1) is 0 Å². The van der Waals surface area contributed by atoms with Gasteiger partial charge in [0.05, 0.1) is 0 Å². The predicted octanol–water partition coefficient (Wildman–Crippen LogP) is 6.00. The molecule has 92 valence electrons. The molecule has 0 spiro atoms. The van der Waals surface area contributed by atoms with E-state index in [-0.39, 0.29) is 0 Å². The summed E-state index contributed by atoms with van der Waals surface area (Å²) in [6, 6.07) is 0. The maximum atomic E-state index is 2.34. The van der Waals surface area contributed by atoms with Crippen molar-refractivity contribution in [1.29, 1.82) is 0 Å². The molecule has 0 unspecified atom stereocenters. The SMILES string of the molecule is C/C=C(C)\C(=C\C(C)C)CC.CC.CC. The molecule has 0 rings (SSSR count). The van der Waals surface area contributed by atoms with Crippen LogP contribution in [0.5, 0.6) is 0 Å². The Kier molecular flexibility index (Phi) is 21.2. The van der Waals surface area contributed by atoms with Crippen LogP contribution < -0.4 is 0 Å². The normalized spacial score (nSPS) is 11.3. The van der Waals surface area contributed by atoms with Gasteiger partial charge in [-0.3, -0.25) is 0 Å². The number of allylic oxidation sites excluding steroid dienone is 4. The van der Waals surface area contributed by atoms with Gasteiger partial charge in [0.15, 0.2) is 0 Å². The van der Waals surface area contributed by atoms with Crippen molar-refractivity contribution in [2.45, 2.75) is 68.7 Å². The quantitative estimate of drug-likeness (QED) is 0.503. The topological polar surface area (TPSA) is 0 Å². The van der Waals surface area contributed by atoms with Gasteiger partial charge in [-0.05, 0) is 31.8 Å². The molecule has 0 aliphatic rings. The summed E-state index contributed by atoms with van der Waals surface area (Å²) >= 11 is 0. The Bertz CT molecular complexity index is 159. The number of hydrogen-bond acceptors (Lipinski definition) is 0. The highest BCUT2D eigenvalue weighted by molar-refractivity contribution is 5.28. The van der Waals surface area contributed by atoms with Crippen molar-refractivity contribution < 1.29 is 0 Å². The molecule has 0 atom stereocenters. The zero-order valence-corrected chi connectivity index (χ0v) is 12.4. The molecule has 0 nitrogen and oxygen atoms in total. The molecule has 0 aliphatic carbocycles. The minimum atomic E-state index is 0.667. The first-order chi connectivity index (χ1) is 7.11. The van der Waals surface area contributed by atoms with Crippen LogP contribution in [0.4, 0.5) is 0 Å². The van der Waals surface area contributed by atoms with Gasteiger partial charge in [-0.2, -0.15) is 0 Å². The molecule has 0 aromatic rings. The van der Waals surface area contributed by atoms with Gasteiger partial charge < -0.3 is 0 Å². The van der Waals surface area contributed by atoms with Crippen molar-refractivity contribution in [3.63, 3.8) is 0 Å². The van der Waals surface area contributed by atoms with Crippen molar-refractivity contribution in [1.82, 2.24) is 0 Å².